The molecule has 1 aromatic carbocycles. The van der Waals surface area contributed by atoms with Crippen molar-refractivity contribution in [3.63, 3.8) is 0 Å². The van der Waals surface area contributed by atoms with Crippen LogP contribution in [0, 0.1) is 6.92 Å². The molecule has 2 aromatic rings. The van der Waals surface area contributed by atoms with E-state index < -0.39 is 12.0 Å². The molecule has 4 N–H and O–H groups in total. The molecule has 0 aliphatic carbocycles. The van der Waals surface area contributed by atoms with Crippen LogP contribution in [0.1, 0.15) is 11.3 Å². The van der Waals surface area contributed by atoms with Crippen LogP contribution < -0.4 is 16.0 Å². The van der Waals surface area contributed by atoms with Crippen LogP contribution in [0.2, 0.25) is 0 Å². The maximum absolute atomic E-state index is 12.5. The van der Waals surface area contributed by atoms with E-state index >= 15 is 0 Å². The standard InChI is InChI=1S/C19H24N6O3/c1-13-11-16(23-18(20)21-13)24-7-9-25(10-8-24)19(28)22-15(17(26)27)12-14-5-3-2-4-6-14/h2-6,11,15H,7-10,12H2,1H3,(H,22,28)(H,26,27)(H2,20,21,23)/t15-/m0/s1. The van der Waals surface area contributed by atoms with Gasteiger partial charge in [0.2, 0.25) is 5.95 Å². The molecule has 9 heteroatoms. The van der Waals surface area contributed by atoms with Crippen LogP contribution in [-0.2, 0) is 11.2 Å². The first kappa shape index (κ1) is 19.4. The number of hydrogen-bond donors (Lipinski definition) is 3. The van der Waals surface area contributed by atoms with Crippen molar-refractivity contribution >= 4 is 23.8 Å². The minimum Gasteiger partial charge on any atom is -0.480 e. The van der Waals surface area contributed by atoms with Gasteiger partial charge < -0.3 is 26.0 Å². The van der Waals surface area contributed by atoms with E-state index in [4.69, 9.17) is 5.73 Å². The number of aryl methyl sites for hydroxylation is 1. The Balaban J connectivity index is 1.57. The van der Waals surface area contributed by atoms with Crippen molar-refractivity contribution in [2.45, 2.75) is 19.4 Å². The van der Waals surface area contributed by atoms with E-state index in [9.17, 15) is 14.7 Å². The first-order chi connectivity index (χ1) is 13.4. The maximum Gasteiger partial charge on any atom is 0.326 e. The molecule has 0 saturated carbocycles. The van der Waals surface area contributed by atoms with Crippen molar-refractivity contribution in [2.24, 2.45) is 0 Å². The number of benzene rings is 1. The largest absolute Gasteiger partial charge is 0.480 e. The Morgan fingerprint density at radius 2 is 1.86 bits per heavy atom. The zero-order valence-electron chi connectivity index (χ0n) is 15.7. The van der Waals surface area contributed by atoms with Gasteiger partial charge in [-0.1, -0.05) is 30.3 Å². The summed E-state index contributed by atoms with van der Waals surface area (Å²) in [5.41, 5.74) is 7.35. The number of rotatable bonds is 5. The quantitative estimate of drug-likeness (QED) is 0.699. The van der Waals surface area contributed by atoms with Gasteiger partial charge in [-0.3, -0.25) is 0 Å². The summed E-state index contributed by atoms with van der Waals surface area (Å²) >= 11 is 0. The van der Waals surface area contributed by atoms with Crippen molar-refractivity contribution in [2.75, 3.05) is 36.8 Å². The van der Waals surface area contributed by atoms with Gasteiger partial charge in [-0.05, 0) is 12.5 Å². The van der Waals surface area contributed by atoms with E-state index in [0.717, 1.165) is 17.1 Å². The first-order valence-corrected chi connectivity index (χ1v) is 9.10. The van der Waals surface area contributed by atoms with Gasteiger partial charge in [0.05, 0.1) is 0 Å². The monoisotopic (exact) mass is 384 g/mol. The number of carbonyl (C=O) groups excluding carboxylic acids is 1. The first-order valence-electron chi connectivity index (χ1n) is 9.10. The minimum atomic E-state index is -1.05. The topological polar surface area (TPSA) is 125 Å². The third kappa shape index (κ3) is 4.87. The summed E-state index contributed by atoms with van der Waals surface area (Å²) < 4.78 is 0. The molecule has 1 atom stereocenters. The minimum absolute atomic E-state index is 0.223. The SMILES string of the molecule is Cc1cc(N2CCN(C(=O)N[C@@H](Cc3ccccc3)C(=O)O)CC2)nc(N)n1. The van der Waals surface area contributed by atoms with Crippen LogP contribution >= 0.6 is 0 Å². The molecule has 0 radical (unpaired) electrons. The maximum atomic E-state index is 12.5. The molecule has 1 aliphatic heterocycles. The second-order valence-electron chi connectivity index (χ2n) is 6.73. The number of piperazine rings is 1. The van der Waals surface area contributed by atoms with Crippen molar-refractivity contribution in [1.82, 2.24) is 20.2 Å². The van der Waals surface area contributed by atoms with Gasteiger partial charge in [0.15, 0.2) is 0 Å². The van der Waals surface area contributed by atoms with Gasteiger partial charge >= 0.3 is 12.0 Å². The number of aromatic nitrogens is 2. The molecule has 28 heavy (non-hydrogen) atoms. The van der Waals surface area contributed by atoms with E-state index in [-0.39, 0.29) is 18.4 Å². The van der Waals surface area contributed by atoms with Gasteiger partial charge in [0.25, 0.3) is 0 Å². The van der Waals surface area contributed by atoms with Gasteiger partial charge in [-0.15, -0.1) is 0 Å². The molecule has 9 nitrogen and oxygen atoms in total. The number of carboxylic acid groups (broad SMARTS) is 1. The lowest BCUT2D eigenvalue weighted by Crippen LogP contribution is -2.55. The molecule has 0 bridgehead atoms. The van der Waals surface area contributed by atoms with Crippen molar-refractivity contribution < 1.29 is 14.7 Å². The highest BCUT2D eigenvalue weighted by Gasteiger charge is 2.26. The van der Waals surface area contributed by atoms with Crippen LogP contribution in [0.5, 0.6) is 0 Å². The number of anilines is 2. The summed E-state index contributed by atoms with van der Waals surface area (Å²) in [4.78, 5) is 36.1. The van der Waals surface area contributed by atoms with Crippen LogP contribution in [0.3, 0.4) is 0 Å². The van der Waals surface area contributed by atoms with E-state index in [1.54, 1.807) is 4.90 Å². The Kier molecular flexibility index (Phi) is 5.93. The summed E-state index contributed by atoms with van der Waals surface area (Å²) in [7, 11) is 0. The Hall–Kier alpha value is -3.36. The normalized spacial score (nSPS) is 15.2. The number of carbonyl (C=O) groups is 2. The molecule has 1 fully saturated rings. The lowest BCUT2D eigenvalue weighted by Gasteiger charge is -2.36. The molecule has 1 aliphatic rings. The third-order valence-electron chi connectivity index (χ3n) is 4.63. The zero-order valence-corrected chi connectivity index (χ0v) is 15.7. The number of aliphatic carboxylic acids is 1. The highest BCUT2D eigenvalue weighted by atomic mass is 16.4. The predicted octanol–water partition coefficient (Wildman–Crippen LogP) is 0.895. The fourth-order valence-electron chi connectivity index (χ4n) is 3.17. The number of urea groups is 1. The second kappa shape index (κ2) is 8.55. The lowest BCUT2D eigenvalue weighted by molar-refractivity contribution is -0.139. The van der Waals surface area contributed by atoms with Gasteiger partial charge in [-0.25, -0.2) is 14.6 Å². The highest BCUT2D eigenvalue weighted by Crippen LogP contribution is 2.16. The average molecular weight is 384 g/mol. The van der Waals surface area contributed by atoms with Crippen LogP contribution in [-0.4, -0.2) is 64.2 Å². The van der Waals surface area contributed by atoms with E-state index in [2.05, 4.69) is 15.3 Å². The molecule has 0 unspecified atom stereocenters. The summed E-state index contributed by atoms with van der Waals surface area (Å²) in [5, 5.41) is 12.1. The van der Waals surface area contributed by atoms with Crippen LogP contribution in [0.4, 0.5) is 16.6 Å². The van der Waals surface area contributed by atoms with Crippen molar-refractivity contribution in [3.05, 3.63) is 47.7 Å². The molecule has 0 spiro atoms. The Morgan fingerprint density at radius 3 is 2.46 bits per heavy atom. The van der Waals surface area contributed by atoms with Gasteiger partial charge in [0, 0.05) is 44.4 Å². The predicted molar refractivity (Wildman–Crippen MR) is 105 cm³/mol. The van der Waals surface area contributed by atoms with Gasteiger partial charge in [0.1, 0.15) is 11.9 Å². The highest BCUT2D eigenvalue weighted by molar-refractivity contribution is 5.83. The molecule has 2 heterocycles. The zero-order chi connectivity index (χ0) is 20.1. The number of hydrogen-bond acceptors (Lipinski definition) is 6. The third-order valence-corrected chi connectivity index (χ3v) is 4.63. The Labute approximate surface area is 163 Å². The fourth-order valence-corrected chi connectivity index (χ4v) is 3.17. The summed E-state index contributed by atoms with van der Waals surface area (Å²) in [6.45, 7) is 3.95. The molecular formula is C19H24N6O3. The summed E-state index contributed by atoms with van der Waals surface area (Å²) in [6.07, 6.45) is 0.237. The molecule has 2 amide bonds. The molecule has 3 rings (SSSR count). The Morgan fingerprint density at radius 1 is 1.18 bits per heavy atom. The number of nitrogens with zero attached hydrogens (tertiary/aromatic N) is 4. The van der Waals surface area contributed by atoms with Crippen molar-refractivity contribution in [3.8, 4) is 0 Å². The summed E-state index contributed by atoms with van der Waals surface area (Å²) in [6, 6.07) is 9.75. The van der Waals surface area contributed by atoms with Crippen LogP contribution in [0.25, 0.3) is 0 Å². The molecule has 1 saturated heterocycles. The number of nitrogen functional groups attached to an aromatic ring is 1. The van der Waals surface area contributed by atoms with Crippen LogP contribution in [0.15, 0.2) is 36.4 Å². The number of amides is 2. The van der Waals surface area contributed by atoms with E-state index in [0.29, 0.717) is 26.2 Å². The fraction of sp³-hybridized carbons (Fsp3) is 0.368. The molecule has 1 aromatic heterocycles. The number of carboxylic acids is 1. The van der Waals surface area contributed by atoms with Crippen molar-refractivity contribution in [1.29, 1.82) is 0 Å². The van der Waals surface area contributed by atoms with E-state index in [1.807, 2.05) is 48.2 Å². The van der Waals surface area contributed by atoms with Gasteiger partial charge in [-0.2, -0.15) is 4.98 Å². The summed E-state index contributed by atoms with van der Waals surface area (Å²) in [5.74, 6) is -0.0966. The lowest BCUT2D eigenvalue weighted by atomic mass is 10.1. The molecular weight excluding hydrogens is 360 g/mol. The second-order valence-corrected chi connectivity index (χ2v) is 6.73. The molecule has 148 valence electrons. The smallest absolute Gasteiger partial charge is 0.326 e. The number of nitrogens with one attached hydrogen (secondary N) is 1. The number of nitrogens with two attached hydrogens (primary N) is 1. The Bertz CT molecular complexity index is 817. The van der Waals surface area contributed by atoms with E-state index in [1.165, 1.54) is 0 Å². The average Bonchev–Trinajstić information content (AvgIpc) is 2.67.